The van der Waals surface area contributed by atoms with Gasteiger partial charge in [-0.3, -0.25) is 4.79 Å². The number of halogens is 2. The number of amides is 1. The maximum atomic E-state index is 12.1. The number of benzene rings is 2. The van der Waals surface area contributed by atoms with Crippen molar-refractivity contribution < 1.29 is 23.0 Å². The fourth-order valence-corrected chi connectivity index (χ4v) is 2.14. The highest BCUT2D eigenvalue weighted by atomic mass is 19.3. The molecule has 2 rings (SSSR count). The van der Waals surface area contributed by atoms with E-state index in [9.17, 15) is 13.6 Å². The van der Waals surface area contributed by atoms with Crippen LogP contribution in [0.1, 0.15) is 30.9 Å². The molecule has 0 spiro atoms. The van der Waals surface area contributed by atoms with Gasteiger partial charge in [0.05, 0.1) is 0 Å². The number of hydrogen-bond acceptors (Lipinski definition) is 3. The zero-order valence-electron chi connectivity index (χ0n) is 14.2. The number of rotatable bonds is 8. The van der Waals surface area contributed by atoms with Crippen LogP contribution >= 0.6 is 0 Å². The Morgan fingerprint density at radius 2 is 1.60 bits per heavy atom. The van der Waals surface area contributed by atoms with Crippen molar-refractivity contribution in [3.63, 3.8) is 0 Å². The number of carbonyl (C=O) groups is 1. The summed E-state index contributed by atoms with van der Waals surface area (Å²) in [5.74, 6) is 0.891. The molecule has 0 aliphatic heterocycles. The molecule has 25 heavy (non-hydrogen) atoms. The number of alkyl halides is 2. The lowest BCUT2D eigenvalue weighted by atomic mass is 10.0. The molecular weight excluding hydrogens is 328 g/mol. The number of ether oxygens (including phenoxy) is 2. The Labute approximate surface area is 145 Å². The van der Waals surface area contributed by atoms with E-state index < -0.39 is 6.61 Å². The maximum absolute atomic E-state index is 12.1. The monoisotopic (exact) mass is 349 g/mol. The van der Waals surface area contributed by atoms with Crippen LogP contribution in [-0.4, -0.2) is 19.1 Å². The van der Waals surface area contributed by atoms with E-state index in [2.05, 4.69) is 23.9 Å². The predicted molar refractivity (Wildman–Crippen MR) is 90.9 cm³/mol. The molecule has 0 bridgehead atoms. The van der Waals surface area contributed by atoms with E-state index >= 15 is 0 Å². The van der Waals surface area contributed by atoms with Gasteiger partial charge in [-0.05, 0) is 41.3 Å². The van der Waals surface area contributed by atoms with Gasteiger partial charge in [-0.1, -0.05) is 38.1 Å². The molecule has 1 N–H and O–H groups in total. The lowest BCUT2D eigenvalue weighted by Crippen LogP contribution is -2.28. The molecule has 0 unspecified atom stereocenters. The van der Waals surface area contributed by atoms with Gasteiger partial charge < -0.3 is 14.8 Å². The molecule has 4 nitrogen and oxygen atoms in total. The van der Waals surface area contributed by atoms with Crippen LogP contribution in [0.4, 0.5) is 8.78 Å². The number of hydrogen-bond donors (Lipinski definition) is 1. The Balaban J connectivity index is 1.75. The van der Waals surface area contributed by atoms with E-state index in [1.165, 1.54) is 17.7 Å². The summed E-state index contributed by atoms with van der Waals surface area (Å²) < 4.78 is 33.8. The van der Waals surface area contributed by atoms with Crippen molar-refractivity contribution in [2.45, 2.75) is 32.9 Å². The van der Waals surface area contributed by atoms with Crippen molar-refractivity contribution in [3.8, 4) is 11.5 Å². The first-order chi connectivity index (χ1) is 11.9. The Morgan fingerprint density at radius 1 is 1.00 bits per heavy atom. The normalized spacial score (nSPS) is 10.8. The molecule has 0 radical (unpaired) electrons. The highest BCUT2D eigenvalue weighted by Crippen LogP contribution is 2.18. The van der Waals surface area contributed by atoms with Gasteiger partial charge in [-0.15, -0.1) is 0 Å². The lowest BCUT2D eigenvalue weighted by molar-refractivity contribution is -0.123. The summed E-state index contributed by atoms with van der Waals surface area (Å²) in [6, 6.07) is 13.7. The summed E-state index contributed by atoms with van der Waals surface area (Å²) in [6.45, 7) is 1.56. The van der Waals surface area contributed by atoms with Gasteiger partial charge in [0.2, 0.25) is 0 Å². The van der Waals surface area contributed by atoms with E-state index in [1.54, 1.807) is 12.1 Å². The molecule has 0 fully saturated rings. The molecule has 0 aromatic heterocycles. The van der Waals surface area contributed by atoms with E-state index in [1.807, 2.05) is 24.3 Å². The number of nitrogens with one attached hydrogen (secondary N) is 1. The first-order valence-electron chi connectivity index (χ1n) is 7.97. The van der Waals surface area contributed by atoms with Crippen LogP contribution in [0, 0.1) is 0 Å². The first-order valence-corrected chi connectivity index (χ1v) is 7.97. The SMILES string of the molecule is CC(C)c1ccc(OCC(=O)NCc2ccc(OC(F)F)cc2)cc1. The van der Waals surface area contributed by atoms with Crippen LogP contribution in [0.2, 0.25) is 0 Å². The zero-order chi connectivity index (χ0) is 18.2. The van der Waals surface area contributed by atoms with E-state index in [-0.39, 0.29) is 24.8 Å². The maximum Gasteiger partial charge on any atom is 0.387 e. The minimum atomic E-state index is -2.85. The highest BCUT2D eigenvalue weighted by molar-refractivity contribution is 5.77. The van der Waals surface area contributed by atoms with Crippen LogP contribution in [0.25, 0.3) is 0 Å². The molecule has 134 valence electrons. The third-order valence-electron chi connectivity index (χ3n) is 3.55. The van der Waals surface area contributed by atoms with E-state index in [4.69, 9.17) is 4.74 Å². The van der Waals surface area contributed by atoms with Crippen LogP contribution in [0.3, 0.4) is 0 Å². The third-order valence-corrected chi connectivity index (χ3v) is 3.55. The van der Waals surface area contributed by atoms with Crippen molar-refractivity contribution in [3.05, 3.63) is 59.7 Å². The van der Waals surface area contributed by atoms with Crippen LogP contribution in [0.5, 0.6) is 11.5 Å². The quantitative estimate of drug-likeness (QED) is 0.780. The summed E-state index contributed by atoms with van der Waals surface area (Å²) in [6.07, 6.45) is 0. The zero-order valence-corrected chi connectivity index (χ0v) is 14.2. The van der Waals surface area contributed by atoms with Crippen molar-refractivity contribution in [1.29, 1.82) is 0 Å². The standard InChI is InChI=1S/C19H21F2NO3/c1-13(2)15-5-9-16(10-6-15)24-12-18(23)22-11-14-3-7-17(8-4-14)25-19(20)21/h3-10,13,19H,11-12H2,1-2H3,(H,22,23). The summed E-state index contributed by atoms with van der Waals surface area (Å²) >= 11 is 0. The molecule has 1 amide bonds. The molecule has 2 aromatic carbocycles. The molecule has 0 atom stereocenters. The fraction of sp³-hybridized carbons (Fsp3) is 0.316. The molecule has 0 heterocycles. The van der Waals surface area contributed by atoms with Crippen molar-refractivity contribution in [2.75, 3.05) is 6.61 Å². The Morgan fingerprint density at radius 3 is 2.16 bits per heavy atom. The Kier molecular flexibility index (Phi) is 6.74. The van der Waals surface area contributed by atoms with Crippen molar-refractivity contribution in [1.82, 2.24) is 5.32 Å². The molecular formula is C19H21F2NO3. The van der Waals surface area contributed by atoms with E-state index in [0.29, 0.717) is 11.7 Å². The van der Waals surface area contributed by atoms with Crippen molar-refractivity contribution >= 4 is 5.91 Å². The van der Waals surface area contributed by atoms with Crippen LogP contribution in [0.15, 0.2) is 48.5 Å². The summed E-state index contributed by atoms with van der Waals surface area (Å²) in [5, 5.41) is 2.71. The highest BCUT2D eigenvalue weighted by Gasteiger charge is 2.06. The minimum absolute atomic E-state index is 0.0817. The number of carbonyl (C=O) groups excluding carboxylic acids is 1. The molecule has 0 saturated heterocycles. The average molecular weight is 349 g/mol. The summed E-state index contributed by atoms with van der Waals surface area (Å²) in [4.78, 5) is 11.8. The minimum Gasteiger partial charge on any atom is -0.484 e. The van der Waals surface area contributed by atoms with Crippen LogP contribution < -0.4 is 14.8 Å². The molecule has 0 aliphatic rings. The van der Waals surface area contributed by atoms with Gasteiger partial charge in [-0.25, -0.2) is 0 Å². The van der Waals surface area contributed by atoms with Crippen LogP contribution in [-0.2, 0) is 11.3 Å². The second-order valence-electron chi connectivity index (χ2n) is 5.81. The smallest absolute Gasteiger partial charge is 0.387 e. The summed E-state index contributed by atoms with van der Waals surface area (Å²) in [7, 11) is 0. The topological polar surface area (TPSA) is 47.6 Å². The van der Waals surface area contributed by atoms with Gasteiger partial charge in [0, 0.05) is 6.54 Å². The van der Waals surface area contributed by atoms with Gasteiger partial charge in [0.25, 0.3) is 5.91 Å². The first kappa shape index (κ1) is 18.7. The largest absolute Gasteiger partial charge is 0.484 e. The summed E-state index contributed by atoms with van der Waals surface area (Å²) in [5.41, 5.74) is 1.98. The Hall–Kier alpha value is -2.63. The Bertz CT molecular complexity index is 670. The van der Waals surface area contributed by atoms with Gasteiger partial charge >= 0.3 is 6.61 Å². The third kappa shape index (κ3) is 6.41. The van der Waals surface area contributed by atoms with Crippen molar-refractivity contribution in [2.24, 2.45) is 0 Å². The predicted octanol–water partition coefficient (Wildman–Crippen LogP) is 4.11. The fourth-order valence-electron chi connectivity index (χ4n) is 2.14. The molecule has 6 heteroatoms. The van der Waals surface area contributed by atoms with Gasteiger partial charge in [-0.2, -0.15) is 8.78 Å². The van der Waals surface area contributed by atoms with Gasteiger partial charge in [0.1, 0.15) is 11.5 Å². The lowest BCUT2D eigenvalue weighted by Gasteiger charge is -2.10. The molecule has 2 aromatic rings. The molecule has 0 aliphatic carbocycles. The average Bonchev–Trinajstić information content (AvgIpc) is 2.59. The second-order valence-corrected chi connectivity index (χ2v) is 5.81. The molecule has 0 saturated carbocycles. The second kappa shape index (κ2) is 9.01. The van der Waals surface area contributed by atoms with Gasteiger partial charge in [0.15, 0.2) is 6.61 Å². The van der Waals surface area contributed by atoms with E-state index in [0.717, 1.165) is 5.56 Å².